The summed E-state index contributed by atoms with van der Waals surface area (Å²) in [6.45, 7) is 3.58. The average Bonchev–Trinajstić information content (AvgIpc) is 2.74. The van der Waals surface area contributed by atoms with Gasteiger partial charge in [-0.15, -0.1) is 0 Å². The van der Waals surface area contributed by atoms with E-state index in [1.807, 2.05) is 6.07 Å². The zero-order chi connectivity index (χ0) is 13.5. The van der Waals surface area contributed by atoms with Crippen LogP contribution in [0.15, 0.2) is 18.3 Å². The Bertz CT molecular complexity index is 412. The van der Waals surface area contributed by atoms with Crippen LogP contribution in [0.4, 0.5) is 0 Å². The lowest BCUT2D eigenvalue weighted by atomic mass is 10.1. The molecule has 1 saturated heterocycles. The first-order valence-electron chi connectivity index (χ1n) is 7.25. The second-order valence-corrected chi connectivity index (χ2v) is 5.04. The first-order valence-corrected chi connectivity index (χ1v) is 7.25. The Hall–Kier alpha value is -1.42. The fourth-order valence-electron chi connectivity index (χ4n) is 2.50. The highest BCUT2D eigenvalue weighted by Gasteiger charge is 2.19. The van der Waals surface area contributed by atoms with Gasteiger partial charge in [0.05, 0.1) is 18.3 Å². The van der Waals surface area contributed by atoms with E-state index < -0.39 is 0 Å². The zero-order valence-corrected chi connectivity index (χ0v) is 11.6. The molecule has 1 amide bonds. The summed E-state index contributed by atoms with van der Waals surface area (Å²) in [4.78, 5) is 16.5. The minimum atomic E-state index is -0.0312. The Kier molecular flexibility index (Phi) is 5.33. The topological polar surface area (TPSA) is 54.0 Å². The molecule has 2 rings (SSSR count). The van der Waals surface area contributed by atoms with Gasteiger partial charge in [0.15, 0.2) is 0 Å². The van der Waals surface area contributed by atoms with Crippen molar-refractivity contribution in [2.24, 2.45) is 0 Å². The monoisotopic (exact) mass is 261 g/mol. The van der Waals surface area contributed by atoms with Crippen molar-refractivity contribution in [3.8, 4) is 0 Å². The first-order chi connectivity index (χ1) is 9.31. The number of aromatic nitrogens is 1. The van der Waals surface area contributed by atoms with Gasteiger partial charge >= 0.3 is 0 Å². The molecular formula is C15H23N3O. The van der Waals surface area contributed by atoms with Gasteiger partial charge in [0.25, 0.3) is 0 Å². The number of carbonyl (C=O) groups excluding carboxylic acids is 1. The Morgan fingerprint density at radius 2 is 2.37 bits per heavy atom. The standard InChI is InChI=1S/C15H23N3O/c1-2-12-7-6-10-17-14(12)11-18-15(19)13-8-4-3-5-9-16-13/h6-7,10,13,16H,2-5,8-9,11H2,1H3,(H,18,19). The smallest absolute Gasteiger partial charge is 0.237 e. The molecule has 1 aromatic rings. The number of carbonyl (C=O) groups is 1. The predicted octanol–water partition coefficient (Wildman–Crippen LogP) is 1.79. The van der Waals surface area contributed by atoms with Crippen LogP contribution in [0.5, 0.6) is 0 Å². The van der Waals surface area contributed by atoms with Crippen LogP contribution in [0.3, 0.4) is 0 Å². The maximum Gasteiger partial charge on any atom is 0.237 e. The van der Waals surface area contributed by atoms with Crippen molar-refractivity contribution in [3.63, 3.8) is 0 Å². The summed E-state index contributed by atoms with van der Waals surface area (Å²) in [5.41, 5.74) is 2.18. The minimum Gasteiger partial charge on any atom is -0.349 e. The van der Waals surface area contributed by atoms with Crippen molar-refractivity contribution < 1.29 is 4.79 Å². The van der Waals surface area contributed by atoms with E-state index in [0.29, 0.717) is 6.54 Å². The number of hydrogen-bond donors (Lipinski definition) is 2. The Morgan fingerprint density at radius 3 is 3.21 bits per heavy atom. The van der Waals surface area contributed by atoms with E-state index in [0.717, 1.165) is 31.5 Å². The highest BCUT2D eigenvalue weighted by atomic mass is 16.2. The normalized spacial score (nSPS) is 19.7. The second-order valence-electron chi connectivity index (χ2n) is 5.04. The number of rotatable bonds is 4. The largest absolute Gasteiger partial charge is 0.349 e. The molecule has 19 heavy (non-hydrogen) atoms. The summed E-state index contributed by atoms with van der Waals surface area (Å²) in [6.07, 6.45) is 7.19. The third kappa shape index (κ3) is 4.03. The maximum absolute atomic E-state index is 12.1. The van der Waals surface area contributed by atoms with Gasteiger partial charge in [-0.25, -0.2) is 0 Å². The van der Waals surface area contributed by atoms with Crippen molar-refractivity contribution in [2.75, 3.05) is 6.54 Å². The Balaban J connectivity index is 1.88. The minimum absolute atomic E-state index is 0.0312. The third-order valence-electron chi connectivity index (χ3n) is 3.67. The summed E-state index contributed by atoms with van der Waals surface area (Å²) in [5.74, 6) is 0.106. The van der Waals surface area contributed by atoms with E-state index in [9.17, 15) is 4.79 Å². The van der Waals surface area contributed by atoms with Crippen LogP contribution in [0.2, 0.25) is 0 Å². The predicted molar refractivity (Wildman–Crippen MR) is 75.7 cm³/mol. The molecule has 0 spiro atoms. The number of aryl methyl sites for hydroxylation is 1. The highest BCUT2D eigenvalue weighted by Crippen LogP contribution is 2.09. The van der Waals surface area contributed by atoms with Gasteiger partial charge in [0.1, 0.15) is 0 Å². The molecule has 2 heterocycles. The average molecular weight is 261 g/mol. The molecule has 0 radical (unpaired) electrons. The van der Waals surface area contributed by atoms with Crippen molar-refractivity contribution in [1.29, 1.82) is 0 Å². The third-order valence-corrected chi connectivity index (χ3v) is 3.67. The van der Waals surface area contributed by atoms with Gasteiger partial charge in [0.2, 0.25) is 5.91 Å². The summed E-state index contributed by atoms with van der Waals surface area (Å²) < 4.78 is 0. The molecule has 1 aromatic heterocycles. The molecule has 0 saturated carbocycles. The van der Waals surface area contributed by atoms with Gasteiger partial charge in [-0.2, -0.15) is 0 Å². The highest BCUT2D eigenvalue weighted by molar-refractivity contribution is 5.81. The molecule has 4 heteroatoms. The fourth-order valence-corrected chi connectivity index (χ4v) is 2.50. The zero-order valence-electron chi connectivity index (χ0n) is 11.6. The van der Waals surface area contributed by atoms with Crippen LogP contribution in [0.1, 0.15) is 43.9 Å². The van der Waals surface area contributed by atoms with E-state index in [1.165, 1.54) is 18.4 Å². The molecule has 1 aliphatic rings. The van der Waals surface area contributed by atoms with Gasteiger partial charge in [-0.1, -0.05) is 25.8 Å². The molecule has 1 unspecified atom stereocenters. The van der Waals surface area contributed by atoms with Gasteiger partial charge in [-0.05, 0) is 37.4 Å². The molecule has 2 N–H and O–H groups in total. The lowest BCUT2D eigenvalue weighted by Crippen LogP contribution is -2.43. The van der Waals surface area contributed by atoms with Crippen LogP contribution < -0.4 is 10.6 Å². The summed E-state index contributed by atoms with van der Waals surface area (Å²) >= 11 is 0. The van der Waals surface area contributed by atoms with Crippen molar-refractivity contribution in [2.45, 2.75) is 51.6 Å². The van der Waals surface area contributed by atoms with E-state index in [4.69, 9.17) is 0 Å². The Morgan fingerprint density at radius 1 is 1.47 bits per heavy atom. The molecule has 0 aliphatic carbocycles. The number of hydrogen-bond acceptors (Lipinski definition) is 3. The molecular weight excluding hydrogens is 238 g/mol. The molecule has 1 atom stereocenters. The first kappa shape index (κ1) is 14.0. The second kappa shape index (κ2) is 7.24. The van der Waals surface area contributed by atoms with Crippen molar-refractivity contribution in [1.82, 2.24) is 15.6 Å². The lowest BCUT2D eigenvalue weighted by molar-refractivity contribution is -0.123. The van der Waals surface area contributed by atoms with Crippen LogP contribution in [-0.2, 0) is 17.8 Å². The molecule has 1 fully saturated rings. The maximum atomic E-state index is 12.1. The number of amides is 1. The SMILES string of the molecule is CCc1cccnc1CNC(=O)C1CCCCCN1. The van der Waals surface area contributed by atoms with Crippen molar-refractivity contribution >= 4 is 5.91 Å². The van der Waals surface area contributed by atoms with Gasteiger partial charge in [-0.3, -0.25) is 9.78 Å². The number of nitrogens with zero attached hydrogens (tertiary/aromatic N) is 1. The summed E-state index contributed by atoms with van der Waals surface area (Å²) in [6, 6.07) is 3.98. The van der Waals surface area contributed by atoms with E-state index in [-0.39, 0.29) is 11.9 Å². The van der Waals surface area contributed by atoms with Crippen LogP contribution in [0.25, 0.3) is 0 Å². The molecule has 0 aromatic carbocycles. The summed E-state index contributed by atoms with van der Waals surface area (Å²) in [5, 5.41) is 6.32. The van der Waals surface area contributed by atoms with Gasteiger partial charge < -0.3 is 10.6 Å². The quantitative estimate of drug-likeness (QED) is 0.869. The fraction of sp³-hybridized carbons (Fsp3) is 0.600. The molecule has 0 bridgehead atoms. The van der Waals surface area contributed by atoms with E-state index in [2.05, 4.69) is 28.6 Å². The van der Waals surface area contributed by atoms with Crippen LogP contribution in [-0.4, -0.2) is 23.5 Å². The number of pyridine rings is 1. The molecule has 1 aliphatic heterocycles. The summed E-state index contributed by atoms with van der Waals surface area (Å²) in [7, 11) is 0. The molecule has 4 nitrogen and oxygen atoms in total. The number of nitrogens with one attached hydrogen (secondary N) is 2. The van der Waals surface area contributed by atoms with Crippen LogP contribution >= 0.6 is 0 Å². The van der Waals surface area contributed by atoms with Crippen LogP contribution in [0, 0.1) is 0 Å². The van der Waals surface area contributed by atoms with Crippen molar-refractivity contribution in [3.05, 3.63) is 29.6 Å². The van der Waals surface area contributed by atoms with E-state index in [1.54, 1.807) is 6.20 Å². The van der Waals surface area contributed by atoms with E-state index >= 15 is 0 Å². The Labute approximate surface area is 115 Å². The molecule has 104 valence electrons. The van der Waals surface area contributed by atoms with Gasteiger partial charge in [0, 0.05) is 6.20 Å². The lowest BCUT2D eigenvalue weighted by Gasteiger charge is -2.16.